The maximum atomic E-state index is 9.38. The van der Waals surface area contributed by atoms with Gasteiger partial charge >= 0.3 is 0 Å². The maximum Gasteiger partial charge on any atom is 0.140 e. The van der Waals surface area contributed by atoms with Crippen LogP contribution in [-0.4, -0.2) is 21.3 Å². The van der Waals surface area contributed by atoms with Crippen LogP contribution in [0.1, 0.15) is 16.7 Å². The van der Waals surface area contributed by atoms with E-state index in [1.807, 2.05) is 30.3 Å². The van der Waals surface area contributed by atoms with Crippen LogP contribution in [-0.2, 0) is 6.42 Å². The van der Waals surface area contributed by atoms with Crippen molar-refractivity contribution in [3.05, 3.63) is 53.1 Å². The van der Waals surface area contributed by atoms with Crippen molar-refractivity contribution in [3.63, 3.8) is 0 Å². The average molecular weight is 283 g/mol. The minimum absolute atomic E-state index is 0.523. The highest BCUT2D eigenvalue weighted by atomic mass is 16.5. The van der Waals surface area contributed by atoms with Crippen LogP contribution in [0.5, 0.6) is 17.2 Å². The Morgan fingerprint density at radius 1 is 0.952 bits per heavy atom. The lowest BCUT2D eigenvalue weighted by molar-refractivity contribution is 0.392. The molecule has 0 radical (unpaired) electrons. The van der Waals surface area contributed by atoms with E-state index in [0.717, 1.165) is 16.9 Å². The lowest BCUT2D eigenvalue weighted by Crippen LogP contribution is -1.98. The highest BCUT2D eigenvalue weighted by molar-refractivity contribution is 5.54. The molecule has 0 fully saturated rings. The van der Waals surface area contributed by atoms with Crippen molar-refractivity contribution in [3.8, 4) is 23.3 Å². The van der Waals surface area contributed by atoms with Gasteiger partial charge in [0.2, 0.25) is 0 Å². The number of ether oxygens (including phenoxy) is 3. The Balaban J connectivity index is 2.44. The zero-order valence-corrected chi connectivity index (χ0v) is 12.3. The van der Waals surface area contributed by atoms with Crippen LogP contribution in [0, 0.1) is 11.3 Å². The molecule has 21 heavy (non-hydrogen) atoms. The predicted octanol–water partition coefficient (Wildman–Crippen LogP) is 3.17. The molecule has 0 aliphatic heterocycles. The van der Waals surface area contributed by atoms with E-state index < -0.39 is 0 Å². The van der Waals surface area contributed by atoms with Crippen molar-refractivity contribution in [2.24, 2.45) is 0 Å². The van der Waals surface area contributed by atoms with Gasteiger partial charge in [0.1, 0.15) is 23.3 Å². The topological polar surface area (TPSA) is 51.5 Å². The molecule has 2 aromatic rings. The average Bonchev–Trinajstić information content (AvgIpc) is 2.54. The molecule has 0 N–H and O–H groups in total. The molecule has 0 spiro atoms. The summed E-state index contributed by atoms with van der Waals surface area (Å²) >= 11 is 0. The standard InChI is InChI=1S/C17H17NO3/c1-19-14-6-4-5-12(8-14)7-13-9-15(20-2)10-17(21-3)16(13)11-18/h4-6,8-10H,7H2,1-3H3. The van der Waals surface area contributed by atoms with Gasteiger partial charge in [-0.3, -0.25) is 0 Å². The van der Waals surface area contributed by atoms with E-state index >= 15 is 0 Å². The summed E-state index contributed by atoms with van der Waals surface area (Å²) in [5.41, 5.74) is 2.45. The van der Waals surface area contributed by atoms with Gasteiger partial charge in [0, 0.05) is 6.07 Å². The number of rotatable bonds is 5. The van der Waals surface area contributed by atoms with E-state index in [-0.39, 0.29) is 0 Å². The molecule has 0 amide bonds. The van der Waals surface area contributed by atoms with Gasteiger partial charge in [0.25, 0.3) is 0 Å². The summed E-state index contributed by atoms with van der Waals surface area (Å²) < 4.78 is 15.8. The minimum Gasteiger partial charge on any atom is -0.497 e. The van der Waals surface area contributed by atoms with Crippen LogP contribution >= 0.6 is 0 Å². The molecule has 2 aromatic carbocycles. The molecule has 0 aliphatic carbocycles. The maximum absolute atomic E-state index is 9.38. The van der Waals surface area contributed by atoms with Crippen molar-refractivity contribution in [1.82, 2.24) is 0 Å². The first kappa shape index (κ1) is 14.7. The molecule has 0 aromatic heterocycles. The second-order valence-electron chi connectivity index (χ2n) is 4.50. The van der Waals surface area contributed by atoms with Gasteiger partial charge in [-0.2, -0.15) is 5.26 Å². The third-order valence-corrected chi connectivity index (χ3v) is 3.25. The monoisotopic (exact) mass is 283 g/mol. The van der Waals surface area contributed by atoms with Crippen molar-refractivity contribution in [2.75, 3.05) is 21.3 Å². The molecule has 0 aliphatic rings. The van der Waals surface area contributed by atoms with Gasteiger partial charge in [-0.05, 0) is 35.7 Å². The Hall–Kier alpha value is -2.67. The van der Waals surface area contributed by atoms with Crippen molar-refractivity contribution in [2.45, 2.75) is 6.42 Å². The van der Waals surface area contributed by atoms with Gasteiger partial charge in [-0.25, -0.2) is 0 Å². The molecule has 0 saturated heterocycles. The summed E-state index contributed by atoms with van der Waals surface area (Å²) in [5, 5.41) is 9.38. The first-order chi connectivity index (χ1) is 10.2. The number of hydrogen-bond acceptors (Lipinski definition) is 4. The normalized spacial score (nSPS) is 9.81. The van der Waals surface area contributed by atoms with E-state index in [2.05, 4.69) is 6.07 Å². The largest absolute Gasteiger partial charge is 0.497 e. The first-order valence-corrected chi connectivity index (χ1v) is 6.49. The van der Waals surface area contributed by atoms with Crippen LogP contribution in [0.15, 0.2) is 36.4 Å². The fourth-order valence-electron chi connectivity index (χ4n) is 2.19. The number of hydrogen-bond donors (Lipinski definition) is 0. The Bertz CT molecular complexity index is 674. The third kappa shape index (κ3) is 3.26. The van der Waals surface area contributed by atoms with Crippen LogP contribution < -0.4 is 14.2 Å². The summed E-state index contributed by atoms with van der Waals surface area (Å²) in [4.78, 5) is 0. The fraction of sp³-hybridized carbons (Fsp3) is 0.235. The van der Waals surface area contributed by atoms with Gasteiger partial charge in [0.05, 0.1) is 26.9 Å². The molecule has 2 rings (SSSR count). The summed E-state index contributed by atoms with van der Waals surface area (Å²) in [5.74, 6) is 1.99. The Morgan fingerprint density at radius 2 is 1.71 bits per heavy atom. The van der Waals surface area contributed by atoms with Gasteiger partial charge in [-0.15, -0.1) is 0 Å². The molecule has 0 heterocycles. The molecule has 0 unspecified atom stereocenters. The summed E-state index contributed by atoms with van der Waals surface area (Å²) in [6, 6.07) is 13.5. The zero-order valence-electron chi connectivity index (χ0n) is 12.3. The van der Waals surface area contributed by atoms with E-state index in [4.69, 9.17) is 14.2 Å². The lowest BCUT2D eigenvalue weighted by Gasteiger charge is -2.12. The Morgan fingerprint density at radius 3 is 2.33 bits per heavy atom. The highest BCUT2D eigenvalue weighted by Crippen LogP contribution is 2.30. The van der Waals surface area contributed by atoms with Gasteiger partial charge in [-0.1, -0.05) is 12.1 Å². The quantitative estimate of drug-likeness (QED) is 0.845. The molecule has 4 heteroatoms. The third-order valence-electron chi connectivity index (χ3n) is 3.25. The second kappa shape index (κ2) is 6.67. The smallest absolute Gasteiger partial charge is 0.140 e. The molecule has 0 bridgehead atoms. The van der Waals surface area contributed by atoms with E-state index in [0.29, 0.717) is 23.5 Å². The number of nitrogens with zero attached hydrogens (tertiary/aromatic N) is 1. The van der Waals surface area contributed by atoms with E-state index in [1.165, 1.54) is 0 Å². The molecule has 108 valence electrons. The number of nitriles is 1. The molecule has 0 saturated carbocycles. The van der Waals surface area contributed by atoms with Crippen molar-refractivity contribution >= 4 is 0 Å². The molecule has 4 nitrogen and oxygen atoms in total. The van der Waals surface area contributed by atoms with Crippen molar-refractivity contribution in [1.29, 1.82) is 5.26 Å². The SMILES string of the molecule is COc1cccc(Cc2cc(OC)cc(OC)c2C#N)c1. The van der Waals surface area contributed by atoms with Crippen LogP contribution in [0.4, 0.5) is 0 Å². The van der Waals surface area contributed by atoms with Gasteiger partial charge < -0.3 is 14.2 Å². The number of benzene rings is 2. The summed E-state index contributed by atoms with van der Waals surface area (Å²) in [7, 11) is 4.77. The minimum atomic E-state index is 0.523. The fourth-order valence-corrected chi connectivity index (χ4v) is 2.19. The molecular weight excluding hydrogens is 266 g/mol. The number of methoxy groups -OCH3 is 3. The Labute approximate surface area is 124 Å². The van der Waals surface area contributed by atoms with E-state index in [9.17, 15) is 5.26 Å². The van der Waals surface area contributed by atoms with Crippen molar-refractivity contribution < 1.29 is 14.2 Å². The lowest BCUT2D eigenvalue weighted by atomic mass is 9.99. The van der Waals surface area contributed by atoms with Crippen LogP contribution in [0.2, 0.25) is 0 Å². The zero-order chi connectivity index (χ0) is 15.2. The van der Waals surface area contributed by atoms with Crippen LogP contribution in [0.25, 0.3) is 0 Å². The first-order valence-electron chi connectivity index (χ1n) is 6.49. The van der Waals surface area contributed by atoms with Gasteiger partial charge in [0.15, 0.2) is 0 Å². The summed E-state index contributed by atoms with van der Waals surface area (Å²) in [6.07, 6.45) is 0.605. The summed E-state index contributed by atoms with van der Waals surface area (Å²) in [6.45, 7) is 0. The van der Waals surface area contributed by atoms with E-state index in [1.54, 1.807) is 27.4 Å². The molecular formula is C17H17NO3. The predicted molar refractivity (Wildman–Crippen MR) is 80.1 cm³/mol. The highest BCUT2D eigenvalue weighted by Gasteiger charge is 2.12. The Kier molecular flexibility index (Phi) is 4.68. The molecule has 0 atom stereocenters. The van der Waals surface area contributed by atoms with Crippen LogP contribution in [0.3, 0.4) is 0 Å². The second-order valence-corrected chi connectivity index (χ2v) is 4.50.